The zero-order valence-electron chi connectivity index (χ0n) is 17.3. The zero-order chi connectivity index (χ0) is 24.2. The van der Waals surface area contributed by atoms with E-state index in [0.717, 1.165) is 0 Å². The lowest BCUT2D eigenvalue weighted by atomic mass is 9.98. The maximum Gasteiger partial charge on any atom is 0.339 e. The van der Waals surface area contributed by atoms with Crippen LogP contribution in [0.25, 0.3) is 0 Å². The van der Waals surface area contributed by atoms with Gasteiger partial charge in [-0.15, -0.1) is 0 Å². The van der Waals surface area contributed by atoms with Crippen molar-refractivity contribution in [3.63, 3.8) is 0 Å². The summed E-state index contributed by atoms with van der Waals surface area (Å²) in [5, 5.41) is 8.03. The first-order valence-corrected chi connectivity index (χ1v) is 11.5. The molecule has 33 heavy (non-hydrogen) atoms. The van der Waals surface area contributed by atoms with E-state index >= 15 is 0 Å². The van der Waals surface area contributed by atoms with E-state index in [2.05, 4.69) is 5.32 Å². The van der Waals surface area contributed by atoms with Crippen LogP contribution in [0.2, 0.25) is 5.02 Å². The van der Waals surface area contributed by atoms with Gasteiger partial charge in [0.15, 0.2) is 11.9 Å². The minimum atomic E-state index is -3.86. The normalized spacial score (nSPS) is 12.0. The molecule has 0 fully saturated rings. The molecule has 8 nitrogen and oxygen atoms in total. The van der Waals surface area contributed by atoms with Crippen molar-refractivity contribution < 1.29 is 27.5 Å². The number of carbonyl (C=O) groups is 3. The van der Waals surface area contributed by atoms with Crippen molar-refractivity contribution in [1.29, 1.82) is 0 Å². The number of nitrogens with one attached hydrogen (secondary N) is 1. The molecular formula is C23H19ClN2O6S. The Morgan fingerprint density at radius 2 is 1.48 bits per heavy atom. The van der Waals surface area contributed by atoms with Crippen LogP contribution >= 0.6 is 11.6 Å². The van der Waals surface area contributed by atoms with Gasteiger partial charge in [-0.1, -0.05) is 29.8 Å². The highest BCUT2D eigenvalue weighted by Gasteiger charge is 2.23. The summed E-state index contributed by atoms with van der Waals surface area (Å²) in [6.07, 6.45) is -1.20. The summed E-state index contributed by atoms with van der Waals surface area (Å²) >= 11 is 5.86. The average Bonchev–Trinajstić information content (AvgIpc) is 2.78. The SMILES string of the molecule is CC(OC(=O)c1ccccc1C(=O)c1ccc(Cl)cc1)C(=O)Nc1ccc(S(N)(=O)=O)cc1. The van der Waals surface area contributed by atoms with Crippen LogP contribution in [0.1, 0.15) is 33.2 Å². The summed E-state index contributed by atoms with van der Waals surface area (Å²) in [5.41, 5.74) is 0.757. The van der Waals surface area contributed by atoms with E-state index in [4.69, 9.17) is 21.5 Å². The first-order chi connectivity index (χ1) is 15.6. The summed E-state index contributed by atoms with van der Waals surface area (Å²) in [7, 11) is -3.86. The molecule has 0 spiro atoms. The van der Waals surface area contributed by atoms with Gasteiger partial charge < -0.3 is 10.1 Å². The molecule has 0 heterocycles. The molecule has 0 aliphatic heterocycles. The van der Waals surface area contributed by atoms with Gasteiger partial charge in [-0.3, -0.25) is 9.59 Å². The molecule has 170 valence electrons. The molecule has 0 aliphatic rings. The number of hydrogen-bond acceptors (Lipinski definition) is 6. The van der Waals surface area contributed by atoms with Crippen molar-refractivity contribution in [2.75, 3.05) is 5.32 Å². The van der Waals surface area contributed by atoms with E-state index in [1.54, 1.807) is 36.4 Å². The number of sulfonamides is 1. The monoisotopic (exact) mass is 486 g/mol. The third kappa shape index (κ3) is 6.04. The lowest BCUT2D eigenvalue weighted by Gasteiger charge is -2.15. The number of benzene rings is 3. The van der Waals surface area contributed by atoms with Gasteiger partial charge in [0, 0.05) is 21.8 Å². The lowest BCUT2D eigenvalue weighted by Crippen LogP contribution is -2.30. The largest absolute Gasteiger partial charge is 0.449 e. The van der Waals surface area contributed by atoms with Crippen LogP contribution in [-0.4, -0.2) is 32.2 Å². The molecule has 1 amide bonds. The minimum absolute atomic E-state index is 0.00889. The second kappa shape index (κ2) is 9.95. The molecule has 3 rings (SSSR count). The molecule has 0 bridgehead atoms. The quantitative estimate of drug-likeness (QED) is 0.388. The Hall–Kier alpha value is -3.53. The average molecular weight is 487 g/mol. The summed E-state index contributed by atoms with van der Waals surface area (Å²) in [6, 6.07) is 17.5. The highest BCUT2D eigenvalue weighted by Crippen LogP contribution is 2.19. The maximum absolute atomic E-state index is 12.9. The van der Waals surface area contributed by atoms with Crippen molar-refractivity contribution in [3.8, 4) is 0 Å². The van der Waals surface area contributed by atoms with Crippen LogP contribution in [0.5, 0.6) is 0 Å². The molecule has 1 unspecified atom stereocenters. The van der Waals surface area contributed by atoms with Crippen LogP contribution in [-0.2, 0) is 19.6 Å². The number of ether oxygens (including phenoxy) is 1. The Labute approximate surface area is 195 Å². The van der Waals surface area contributed by atoms with Crippen molar-refractivity contribution in [2.45, 2.75) is 17.9 Å². The van der Waals surface area contributed by atoms with Gasteiger partial charge in [-0.2, -0.15) is 0 Å². The number of ketones is 1. The molecule has 3 aromatic carbocycles. The molecule has 3 aromatic rings. The first-order valence-electron chi connectivity index (χ1n) is 9.60. The number of nitrogens with two attached hydrogens (primary N) is 1. The molecule has 1 atom stereocenters. The van der Waals surface area contributed by atoms with E-state index in [0.29, 0.717) is 10.6 Å². The van der Waals surface area contributed by atoms with Gasteiger partial charge in [0.25, 0.3) is 5.91 Å². The predicted octanol–water partition coefficient (Wildman–Crippen LogP) is 3.40. The smallest absolute Gasteiger partial charge is 0.339 e. The van der Waals surface area contributed by atoms with Crippen molar-refractivity contribution in [1.82, 2.24) is 0 Å². The highest BCUT2D eigenvalue weighted by molar-refractivity contribution is 7.89. The van der Waals surface area contributed by atoms with Crippen molar-refractivity contribution in [2.24, 2.45) is 5.14 Å². The number of carbonyl (C=O) groups excluding carboxylic acids is 3. The van der Waals surface area contributed by atoms with Gasteiger partial charge >= 0.3 is 5.97 Å². The molecule has 3 N–H and O–H groups in total. The van der Waals surface area contributed by atoms with Crippen LogP contribution in [0.15, 0.2) is 77.7 Å². The topological polar surface area (TPSA) is 133 Å². The highest BCUT2D eigenvalue weighted by atomic mass is 35.5. The Morgan fingerprint density at radius 3 is 2.06 bits per heavy atom. The first kappa shape index (κ1) is 24.1. The van der Waals surface area contributed by atoms with Crippen LogP contribution in [0.4, 0.5) is 5.69 Å². The van der Waals surface area contributed by atoms with Crippen molar-refractivity contribution >= 4 is 45.0 Å². The molecule has 10 heteroatoms. The number of halogens is 1. The Kier molecular flexibility index (Phi) is 7.27. The molecule has 0 saturated carbocycles. The predicted molar refractivity (Wildman–Crippen MR) is 123 cm³/mol. The number of hydrogen-bond donors (Lipinski definition) is 2. The fraction of sp³-hybridized carbons (Fsp3) is 0.0870. The fourth-order valence-electron chi connectivity index (χ4n) is 2.87. The van der Waals surface area contributed by atoms with E-state index in [9.17, 15) is 22.8 Å². The van der Waals surface area contributed by atoms with Crippen molar-refractivity contribution in [3.05, 3.63) is 94.5 Å². The van der Waals surface area contributed by atoms with E-state index in [1.807, 2.05) is 0 Å². The molecular weight excluding hydrogens is 468 g/mol. The van der Waals surface area contributed by atoms with E-state index < -0.39 is 33.8 Å². The second-order valence-electron chi connectivity index (χ2n) is 6.99. The number of primary sulfonamides is 1. The molecule has 0 aromatic heterocycles. The minimum Gasteiger partial charge on any atom is -0.449 e. The number of anilines is 1. The van der Waals surface area contributed by atoms with E-state index in [1.165, 1.54) is 43.3 Å². The summed E-state index contributed by atoms with van der Waals surface area (Å²) in [5.74, 6) is -1.89. The maximum atomic E-state index is 12.9. The third-order valence-electron chi connectivity index (χ3n) is 4.60. The Morgan fingerprint density at radius 1 is 0.909 bits per heavy atom. The van der Waals surface area contributed by atoms with Gasteiger partial charge in [-0.05, 0) is 61.5 Å². The number of esters is 1. The molecule has 0 aliphatic carbocycles. The van der Waals surface area contributed by atoms with Crippen LogP contribution < -0.4 is 10.5 Å². The molecule has 0 radical (unpaired) electrons. The fourth-order valence-corrected chi connectivity index (χ4v) is 3.51. The summed E-state index contributed by atoms with van der Waals surface area (Å²) in [4.78, 5) is 37.9. The van der Waals surface area contributed by atoms with Crippen LogP contribution in [0, 0.1) is 0 Å². The summed E-state index contributed by atoms with van der Waals surface area (Å²) < 4.78 is 27.9. The zero-order valence-corrected chi connectivity index (χ0v) is 18.9. The molecule has 0 saturated heterocycles. The second-order valence-corrected chi connectivity index (χ2v) is 8.99. The van der Waals surface area contributed by atoms with Crippen LogP contribution in [0.3, 0.4) is 0 Å². The summed E-state index contributed by atoms with van der Waals surface area (Å²) in [6.45, 7) is 1.37. The van der Waals surface area contributed by atoms with Gasteiger partial charge in [0.1, 0.15) is 0 Å². The van der Waals surface area contributed by atoms with Gasteiger partial charge in [-0.25, -0.2) is 18.4 Å². The Bertz CT molecular complexity index is 1310. The van der Waals surface area contributed by atoms with E-state index in [-0.39, 0.29) is 21.7 Å². The third-order valence-corrected chi connectivity index (χ3v) is 5.78. The van der Waals surface area contributed by atoms with Gasteiger partial charge in [0.05, 0.1) is 10.5 Å². The Balaban J connectivity index is 1.71. The number of rotatable bonds is 7. The lowest BCUT2D eigenvalue weighted by molar-refractivity contribution is -0.123. The number of amides is 1. The van der Waals surface area contributed by atoms with Gasteiger partial charge in [0.2, 0.25) is 10.0 Å². The standard InChI is InChI=1S/C23H19ClN2O6S/c1-14(22(28)26-17-10-12-18(13-11-17)33(25,30)31)32-23(29)20-5-3-2-4-19(20)21(27)15-6-8-16(24)9-7-15/h2-14H,1H3,(H,26,28)(H2,25,30,31).